The molecule has 0 radical (unpaired) electrons. The summed E-state index contributed by atoms with van der Waals surface area (Å²) >= 11 is 7.09. The highest BCUT2D eigenvalue weighted by Crippen LogP contribution is 2.39. The molecule has 0 saturated heterocycles. The lowest BCUT2D eigenvalue weighted by molar-refractivity contribution is -0.107. The third kappa shape index (κ3) is 4.88. The summed E-state index contributed by atoms with van der Waals surface area (Å²) in [5.74, 6) is 0.668. The number of rotatable bonds is 8. The van der Waals surface area contributed by atoms with Crippen LogP contribution in [-0.2, 0) is 9.59 Å². The molecule has 8 heteroatoms. The summed E-state index contributed by atoms with van der Waals surface area (Å²) in [7, 11) is 3.41. The summed E-state index contributed by atoms with van der Waals surface area (Å²) in [6.07, 6.45) is 3.24. The molecule has 0 unspecified atom stereocenters. The number of nitrogens with one attached hydrogen (secondary N) is 1. The van der Waals surface area contributed by atoms with Gasteiger partial charge in [-0.25, -0.2) is 4.98 Å². The molecule has 0 spiro atoms. The summed E-state index contributed by atoms with van der Waals surface area (Å²) < 4.78 is 1.74. The maximum atomic E-state index is 11.6. The smallest absolute Gasteiger partial charge is 0.213 e. The first-order chi connectivity index (χ1) is 14.4. The molecule has 1 aromatic heterocycles. The zero-order valence-electron chi connectivity index (χ0n) is 16.4. The van der Waals surface area contributed by atoms with Gasteiger partial charge in [0.2, 0.25) is 12.8 Å². The number of benzene rings is 2. The fourth-order valence-corrected chi connectivity index (χ4v) is 3.95. The van der Waals surface area contributed by atoms with Gasteiger partial charge < -0.3 is 15.1 Å². The molecule has 0 aliphatic carbocycles. The van der Waals surface area contributed by atoms with Gasteiger partial charge in [0.15, 0.2) is 0 Å². The highest BCUT2D eigenvalue weighted by Gasteiger charge is 2.24. The Balaban J connectivity index is 2.26. The number of carbonyl (C=O) groups is 2. The van der Waals surface area contributed by atoms with E-state index in [0.717, 1.165) is 44.3 Å². The Morgan fingerprint density at radius 1 is 0.867 bits per heavy atom. The van der Waals surface area contributed by atoms with Crippen molar-refractivity contribution in [3.63, 3.8) is 0 Å². The van der Waals surface area contributed by atoms with Crippen LogP contribution in [0.25, 0.3) is 0 Å². The lowest BCUT2D eigenvalue weighted by Crippen LogP contribution is -2.23. The van der Waals surface area contributed by atoms with Crippen molar-refractivity contribution >= 4 is 61.9 Å². The van der Waals surface area contributed by atoms with E-state index in [0.29, 0.717) is 5.82 Å². The van der Waals surface area contributed by atoms with Gasteiger partial charge in [-0.2, -0.15) is 0 Å². The number of nitrogens with zero attached hydrogens (tertiary/aromatic N) is 3. The van der Waals surface area contributed by atoms with Crippen LogP contribution < -0.4 is 15.1 Å². The standard InChI is InChI=1S/C22H20Br2N4O2/c1-27(13-29)19-8-6-15(23)11-17(19)22(26-21-5-3-4-10-25-21)18-12-16(24)7-9-20(18)28(2)14-30/h3-14,22H,1-2H3,(H,25,26). The molecule has 30 heavy (non-hydrogen) atoms. The molecule has 154 valence electrons. The topological polar surface area (TPSA) is 65.5 Å². The Morgan fingerprint density at radius 2 is 1.40 bits per heavy atom. The third-order valence-corrected chi connectivity index (χ3v) is 5.62. The minimum atomic E-state index is -0.398. The maximum Gasteiger partial charge on any atom is 0.213 e. The zero-order chi connectivity index (χ0) is 21.7. The molecular formula is C22H20Br2N4O2. The molecule has 3 aromatic rings. The maximum absolute atomic E-state index is 11.6. The van der Waals surface area contributed by atoms with Gasteiger partial charge in [0.05, 0.1) is 6.04 Å². The minimum absolute atomic E-state index is 0.398. The molecule has 0 aliphatic rings. The quantitative estimate of drug-likeness (QED) is 0.416. The van der Waals surface area contributed by atoms with Crippen LogP contribution in [-0.4, -0.2) is 31.9 Å². The lowest BCUT2D eigenvalue weighted by atomic mass is 9.94. The van der Waals surface area contributed by atoms with Crippen LogP contribution in [0.4, 0.5) is 17.2 Å². The van der Waals surface area contributed by atoms with Crippen LogP contribution in [0.3, 0.4) is 0 Å². The van der Waals surface area contributed by atoms with E-state index in [4.69, 9.17) is 0 Å². The Kier molecular flexibility index (Phi) is 7.23. The van der Waals surface area contributed by atoms with Gasteiger partial charge in [-0.3, -0.25) is 9.59 Å². The Hall–Kier alpha value is -2.71. The highest BCUT2D eigenvalue weighted by atomic mass is 79.9. The summed E-state index contributed by atoms with van der Waals surface area (Å²) in [6, 6.07) is 16.7. The van der Waals surface area contributed by atoms with Gasteiger partial charge in [-0.15, -0.1) is 0 Å². The van der Waals surface area contributed by atoms with E-state index < -0.39 is 6.04 Å². The second-order valence-corrected chi connectivity index (χ2v) is 8.46. The van der Waals surface area contributed by atoms with E-state index in [9.17, 15) is 9.59 Å². The van der Waals surface area contributed by atoms with E-state index >= 15 is 0 Å². The average Bonchev–Trinajstić information content (AvgIpc) is 2.77. The molecule has 0 fully saturated rings. The molecule has 6 nitrogen and oxygen atoms in total. The minimum Gasteiger partial charge on any atom is -0.359 e. The number of hydrogen-bond donors (Lipinski definition) is 1. The molecule has 1 heterocycles. The molecular weight excluding hydrogens is 512 g/mol. The van der Waals surface area contributed by atoms with Crippen LogP contribution >= 0.6 is 31.9 Å². The molecule has 2 amide bonds. The monoisotopic (exact) mass is 530 g/mol. The van der Waals surface area contributed by atoms with Gasteiger partial charge in [-0.1, -0.05) is 37.9 Å². The summed E-state index contributed by atoms with van der Waals surface area (Å²) in [6.45, 7) is 0. The largest absolute Gasteiger partial charge is 0.359 e. The second kappa shape index (κ2) is 9.86. The zero-order valence-corrected chi connectivity index (χ0v) is 19.6. The summed E-state index contributed by atoms with van der Waals surface area (Å²) in [4.78, 5) is 30.6. The van der Waals surface area contributed by atoms with Crippen LogP contribution in [0.5, 0.6) is 0 Å². The number of anilines is 3. The fraction of sp³-hybridized carbons (Fsp3) is 0.136. The van der Waals surface area contributed by atoms with Crippen molar-refractivity contribution in [2.45, 2.75) is 6.04 Å². The molecule has 0 saturated carbocycles. The number of aromatic nitrogens is 1. The van der Waals surface area contributed by atoms with Crippen molar-refractivity contribution in [3.8, 4) is 0 Å². The highest BCUT2D eigenvalue weighted by molar-refractivity contribution is 9.10. The van der Waals surface area contributed by atoms with Crippen molar-refractivity contribution in [2.75, 3.05) is 29.2 Å². The van der Waals surface area contributed by atoms with E-state index in [1.165, 1.54) is 9.80 Å². The Labute approximate surface area is 192 Å². The Morgan fingerprint density at radius 3 is 1.83 bits per heavy atom. The lowest BCUT2D eigenvalue weighted by Gasteiger charge is -2.28. The molecule has 0 bridgehead atoms. The number of carbonyl (C=O) groups excluding carboxylic acids is 2. The second-order valence-electron chi connectivity index (χ2n) is 6.63. The van der Waals surface area contributed by atoms with E-state index in [2.05, 4.69) is 42.2 Å². The molecule has 1 N–H and O–H groups in total. The van der Waals surface area contributed by atoms with Crippen molar-refractivity contribution in [1.82, 2.24) is 4.98 Å². The van der Waals surface area contributed by atoms with Gasteiger partial charge in [-0.05, 0) is 48.5 Å². The molecule has 3 rings (SSSR count). The van der Waals surface area contributed by atoms with Crippen molar-refractivity contribution in [1.29, 1.82) is 0 Å². The average molecular weight is 532 g/mol. The van der Waals surface area contributed by atoms with Crippen LogP contribution in [0.1, 0.15) is 17.2 Å². The van der Waals surface area contributed by atoms with Crippen LogP contribution in [0.15, 0.2) is 69.7 Å². The summed E-state index contributed by atoms with van der Waals surface area (Å²) in [5.41, 5.74) is 3.18. The van der Waals surface area contributed by atoms with Gasteiger partial charge in [0.1, 0.15) is 5.82 Å². The van der Waals surface area contributed by atoms with Gasteiger partial charge in [0.25, 0.3) is 0 Å². The predicted molar refractivity (Wildman–Crippen MR) is 127 cm³/mol. The Bertz CT molecular complexity index is 983. The predicted octanol–water partition coefficient (Wildman–Crippen LogP) is 4.99. The van der Waals surface area contributed by atoms with Crippen LogP contribution in [0.2, 0.25) is 0 Å². The molecule has 0 atom stereocenters. The third-order valence-electron chi connectivity index (χ3n) is 4.63. The van der Waals surface area contributed by atoms with Gasteiger partial charge in [0, 0.05) is 51.7 Å². The van der Waals surface area contributed by atoms with Crippen molar-refractivity contribution in [2.24, 2.45) is 0 Å². The van der Waals surface area contributed by atoms with E-state index in [-0.39, 0.29) is 0 Å². The first kappa shape index (κ1) is 22.0. The van der Waals surface area contributed by atoms with Crippen LogP contribution in [0, 0.1) is 0 Å². The van der Waals surface area contributed by atoms with E-state index in [1.54, 1.807) is 20.3 Å². The molecule has 2 aromatic carbocycles. The van der Waals surface area contributed by atoms with E-state index in [1.807, 2.05) is 54.6 Å². The first-order valence-corrected chi connectivity index (χ1v) is 10.7. The molecule has 0 aliphatic heterocycles. The first-order valence-electron chi connectivity index (χ1n) is 9.07. The fourth-order valence-electron chi connectivity index (χ4n) is 3.19. The number of amides is 2. The number of pyridine rings is 1. The van der Waals surface area contributed by atoms with Crippen molar-refractivity contribution < 1.29 is 9.59 Å². The normalized spacial score (nSPS) is 10.6. The number of hydrogen-bond acceptors (Lipinski definition) is 4. The van der Waals surface area contributed by atoms with Gasteiger partial charge >= 0.3 is 0 Å². The van der Waals surface area contributed by atoms with Crippen molar-refractivity contribution in [3.05, 3.63) is 80.9 Å². The SMILES string of the molecule is CN(C=O)c1ccc(Br)cc1C(Nc1ccccn1)c1cc(Br)ccc1N(C)C=O. The summed E-state index contributed by atoms with van der Waals surface area (Å²) in [5, 5.41) is 3.47. The number of halogens is 2.